The lowest BCUT2D eigenvalue weighted by atomic mass is 9.83. The third kappa shape index (κ3) is 2.68. The van der Waals surface area contributed by atoms with Gasteiger partial charge in [-0.2, -0.15) is 0 Å². The first-order chi connectivity index (χ1) is 8.54. The smallest absolute Gasteiger partial charge is 0.167 e. The van der Waals surface area contributed by atoms with Gasteiger partial charge in [-0.3, -0.25) is 0 Å². The van der Waals surface area contributed by atoms with Gasteiger partial charge in [0.15, 0.2) is 11.6 Å². The summed E-state index contributed by atoms with van der Waals surface area (Å²) in [7, 11) is 1.46. The van der Waals surface area contributed by atoms with Crippen LogP contribution >= 0.6 is 0 Å². The van der Waals surface area contributed by atoms with E-state index in [2.05, 4.69) is 12.2 Å². The summed E-state index contributed by atoms with van der Waals surface area (Å²) < 4.78 is 18.5. The van der Waals surface area contributed by atoms with Crippen LogP contribution in [0.1, 0.15) is 39.0 Å². The van der Waals surface area contributed by atoms with Crippen LogP contribution in [0.2, 0.25) is 0 Å². The van der Waals surface area contributed by atoms with E-state index in [4.69, 9.17) is 10.5 Å². The topological polar surface area (TPSA) is 47.3 Å². The van der Waals surface area contributed by atoms with Crippen LogP contribution < -0.4 is 15.8 Å². The fourth-order valence-electron chi connectivity index (χ4n) is 2.62. The standard InChI is InChI=1S/C14H21FN2O/c1-14(6-4-3-5-7-14)17-12-9-13(18-2)10(15)8-11(12)16/h8-9,17H,3-7,16H2,1-2H3. The van der Waals surface area contributed by atoms with E-state index in [-0.39, 0.29) is 11.3 Å². The van der Waals surface area contributed by atoms with Gasteiger partial charge in [-0.15, -0.1) is 0 Å². The van der Waals surface area contributed by atoms with E-state index in [0.29, 0.717) is 5.69 Å². The zero-order valence-corrected chi connectivity index (χ0v) is 11.1. The number of halogens is 1. The monoisotopic (exact) mass is 252 g/mol. The first kappa shape index (κ1) is 13.0. The molecule has 1 aliphatic carbocycles. The fourth-order valence-corrected chi connectivity index (χ4v) is 2.62. The summed E-state index contributed by atoms with van der Waals surface area (Å²) in [6.07, 6.45) is 5.97. The highest BCUT2D eigenvalue weighted by molar-refractivity contribution is 5.69. The number of hydrogen-bond donors (Lipinski definition) is 2. The summed E-state index contributed by atoms with van der Waals surface area (Å²) in [6.45, 7) is 2.20. The molecule has 0 atom stereocenters. The average molecular weight is 252 g/mol. The summed E-state index contributed by atoms with van der Waals surface area (Å²) >= 11 is 0. The van der Waals surface area contributed by atoms with Crippen molar-refractivity contribution in [3.8, 4) is 5.75 Å². The van der Waals surface area contributed by atoms with Crippen molar-refractivity contribution in [3.05, 3.63) is 17.9 Å². The Bertz CT molecular complexity index is 428. The van der Waals surface area contributed by atoms with Crippen molar-refractivity contribution in [2.75, 3.05) is 18.2 Å². The minimum absolute atomic E-state index is 0.0508. The summed E-state index contributed by atoms with van der Waals surface area (Å²) in [6, 6.07) is 2.96. The molecule has 3 nitrogen and oxygen atoms in total. The van der Waals surface area contributed by atoms with Gasteiger partial charge in [0.05, 0.1) is 18.5 Å². The highest BCUT2D eigenvalue weighted by atomic mass is 19.1. The predicted octanol–water partition coefficient (Wildman–Crippen LogP) is 3.55. The number of benzene rings is 1. The predicted molar refractivity (Wildman–Crippen MR) is 72.5 cm³/mol. The lowest BCUT2D eigenvalue weighted by Gasteiger charge is -2.36. The van der Waals surface area contributed by atoms with Crippen molar-refractivity contribution in [3.63, 3.8) is 0 Å². The Labute approximate surface area is 108 Å². The van der Waals surface area contributed by atoms with E-state index in [0.717, 1.165) is 18.5 Å². The number of methoxy groups -OCH3 is 1. The van der Waals surface area contributed by atoms with Crippen molar-refractivity contribution in [1.82, 2.24) is 0 Å². The zero-order chi connectivity index (χ0) is 13.2. The quantitative estimate of drug-likeness (QED) is 0.809. The molecule has 0 radical (unpaired) electrons. The third-order valence-corrected chi connectivity index (χ3v) is 3.72. The number of nitrogen functional groups attached to an aromatic ring is 1. The number of ether oxygens (including phenoxy) is 1. The molecule has 0 aliphatic heterocycles. The Kier molecular flexibility index (Phi) is 3.64. The molecule has 0 unspecified atom stereocenters. The maximum absolute atomic E-state index is 13.5. The molecule has 100 valence electrons. The van der Waals surface area contributed by atoms with Crippen LogP contribution in [0.4, 0.5) is 15.8 Å². The molecule has 0 heterocycles. The van der Waals surface area contributed by atoms with E-state index < -0.39 is 5.82 Å². The second-order valence-corrected chi connectivity index (χ2v) is 5.32. The van der Waals surface area contributed by atoms with Gasteiger partial charge in [-0.05, 0) is 19.8 Å². The van der Waals surface area contributed by atoms with Gasteiger partial charge in [0.1, 0.15) is 0 Å². The normalized spacial score (nSPS) is 18.4. The summed E-state index contributed by atoms with van der Waals surface area (Å²) in [4.78, 5) is 0. The zero-order valence-electron chi connectivity index (χ0n) is 11.1. The number of anilines is 2. The van der Waals surface area contributed by atoms with E-state index in [9.17, 15) is 4.39 Å². The molecule has 1 aliphatic rings. The Balaban J connectivity index is 2.22. The van der Waals surface area contributed by atoms with E-state index >= 15 is 0 Å². The number of rotatable bonds is 3. The van der Waals surface area contributed by atoms with Gasteiger partial charge < -0.3 is 15.8 Å². The second-order valence-electron chi connectivity index (χ2n) is 5.32. The first-order valence-electron chi connectivity index (χ1n) is 6.45. The average Bonchev–Trinajstić information content (AvgIpc) is 2.33. The largest absolute Gasteiger partial charge is 0.494 e. The Hall–Kier alpha value is -1.45. The van der Waals surface area contributed by atoms with Crippen LogP contribution in [0.15, 0.2) is 12.1 Å². The molecule has 1 fully saturated rings. The molecule has 1 aromatic rings. The molecule has 0 saturated heterocycles. The van der Waals surface area contributed by atoms with Crippen molar-refractivity contribution < 1.29 is 9.13 Å². The SMILES string of the molecule is COc1cc(NC2(C)CCCCC2)c(N)cc1F. The molecule has 1 aromatic carbocycles. The Morgan fingerprint density at radius 1 is 1.28 bits per heavy atom. The molecule has 0 spiro atoms. The van der Waals surface area contributed by atoms with Gasteiger partial charge >= 0.3 is 0 Å². The molecule has 0 aromatic heterocycles. The van der Waals surface area contributed by atoms with E-state index in [1.54, 1.807) is 6.07 Å². The van der Waals surface area contributed by atoms with E-state index in [1.165, 1.54) is 32.4 Å². The van der Waals surface area contributed by atoms with Crippen LogP contribution in [0.5, 0.6) is 5.75 Å². The molecule has 0 bridgehead atoms. The summed E-state index contributed by atoms with van der Waals surface area (Å²) in [5.74, 6) is -0.194. The van der Waals surface area contributed by atoms with Gasteiger partial charge in [-0.1, -0.05) is 19.3 Å². The van der Waals surface area contributed by atoms with Crippen molar-refractivity contribution >= 4 is 11.4 Å². The fraction of sp³-hybridized carbons (Fsp3) is 0.571. The lowest BCUT2D eigenvalue weighted by Crippen LogP contribution is -2.37. The van der Waals surface area contributed by atoms with Gasteiger partial charge in [0, 0.05) is 17.7 Å². The van der Waals surface area contributed by atoms with Gasteiger partial charge in [0.25, 0.3) is 0 Å². The number of nitrogens with two attached hydrogens (primary N) is 1. The van der Waals surface area contributed by atoms with Crippen LogP contribution in [0.25, 0.3) is 0 Å². The third-order valence-electron chi connectivity index (χ3n) is 3.72. The molecule has 18 heavy (non-hydrogen) atoms. The highest BCUT2D eigenvalue weighted by Gasteiger charge is 2.27. The maximum atomic E-state index is 13.5. The van der Waals surface area contributed by atoms with Gasteiger partial charge in [0.2, 0.25) is 0 Å². The molecule has 2 rings (SSSR count). The number of hydrogen-bond acceptors (Lipinski definition) is 3. The first-order valence-corrected chi connectivity index (χ1v) is 6.45. The minimum atomic E-state index is -0.422. The van der Waals surface area contributed by atoms with Gasteiger partial charge in [-0.25, -0.2) is 4.39 Å². The number of nitrogens with one attached hydrogen (secondary N) is 1. The van der Waals surface area contributed by atoms with Crippen LogP contribution in [0.3, 0.4) is 0 Å². The van der Waals surface area contributed by atoms with Crippen molar-refractivity contribution in [2.45, 2.75) is 44.6 Å². The van der Waals surface area contributed by atoms with Crippen molar-refractivity contribution in [1.29, 1.82) is 0 Å². The Morgan fingerprint density at radius 2 is 1.94 bits per heavy atom. The maximum Gasteiger partial charge on any atom is 0.167 e. The molecular weight excluding hydrogens is 231 g/mol. The minimum Gasteiger partial charge on any atom is -0.494 e. The molecular formula is C14H21FN2O. The van der Waals surface area contributed by atoms with Crippen LogP contribution in [-0.4, -0.2) is 12.6 Å². The summed E-state index contributed by atoms with van der Waals surface area (Å²) in [5.41, 5.74) is 7.11. The lowest BCUT2D eigenvalue weighted by molar-refractivity contribution is 0.349. The highest BCUT2D eigenvalue weighted by Crippen LogP contribution is 2.35. The van der Waals surface area contributed by atoms with Crippen molar-refractivity contribution in [2.24, 2.45) is 0 Å². The van der Waals surface area contributed by atoms with Crippen LogP contribution in [0, 0.1) is 5.82 Å². The molecule has 3 N–H and O–H groups in total. The second kappa shape index (κ2) is 5.04. The molecule has 1 saturated carbocycles. The Morgan fingerprint density at radius 3 is 2.56 bits per heavy atom. The van der Waals surface area contributed by atoms with E-state index in [1.807, 2.05) is 0 Å². The van der Waals surface area contributed by atoms with Crippen LogP contribution in [-0.2, 0) is 0 Å². The summed E-state index contributed by atoms with van der Waals surface area (Å²) in [5, 5.41) is 3.46. The molecule has 4 heteroatoms. The molecule has 0 amide bonds.